The molecule has 2 spiro atoms. The highest BCUT2D eigenvalue weighted by atomic mass is 16.5. The number of ketones is 1. The molecule has 0 amide bonds. The molecule has 2 saturated heterocycles. The van der Waals surface area contributed by atoms with Crippen LogP contribution >= 0.6 is 0 Å². The lowest BCUT2D eigenvalue weighted by Gasteiger charge is -2.66. The summed E-state index contributed by atoms with van der Waals surface area (Å²) in [6.07, 6.45) is 12.2. The average molecular weight is 738 g/mol. The van der Waals surface area contributed by atoms with E-state index in [1.807, 2.05) is 0 Å². The van der Waals surface area contributed by atoms with Gasteiger partial charge >= 0.3 is 0 Å². The van der Waals surface area contributed by atoms with Crippen LogP contribution in [-0.4, -0.2) is 85.7 Å². The maximum atomic E-state index is 14.8. The summed E-state index contributed by atoms with van der Waals surface area (Å²) in [5, 5.41) is 63.2. The molecule has 2 heterocycles. The number of fused-ring (bicyclic) bond motifs is 5. The number of hydrogen-bond acceptors (Lipinski definition) is 8. The fourth-order valence-corrected chi connectivity index (χ4v) is 14.7. The van der Waals surface area contributed by atoms with Gasteiger partial charge in [0.25, 0.3) is 0 Å². The highest BCUT2D eigenvalue weighted by Gasteiger charge is 2.74. The summed E-state index contributed by atoms with van der Waals surface area (Å²) in [5.74, 6) is 7.87. The van der Waals surface area contributed by atoms with Crippen LogP contribution in [-0.2, 0) is 9.53 Å². The van der Waals surface area contributed by atoms with E-state index >= 15 is 0 Å². The third-order valence-corrected chi connectivity index (χ3v) is 17.7. The summed E-state index contributed by atoms with van der Waals surface area (Å²) in [5.41, 5.74) is 1.59. The standard InChI is InChI=1S/C44H68N2O7/c1-4-7-27-8-11-29-26(2)38(53-34(29)12-9-27)39(50)40(3,51)35-16-21-44(52)31-22-36(49)43-18-6-5-17-41(35,44)20-15-30(31)42(43,23-32(47)33(48)24-43)19-14-28-10-13-37(45)46-25-28/h22,26-30,32-35,37-39,46-48,50-52H,4,7-21,23-25,45H2,1-3H3/p+1. The smallest absolute Gasteiger partial charge is 0.163 e. The number of carbonyl (C=O) groups is 1. The Morgan fingerprint density at radius 2 is 1.74 bits per heavy atom. The molecule has 53 heavy (non-hydrogen) atoms. The van der Waals surface area contributed by atoms with Gasteiger partial charge < -0.3 is 35.6 Å². The van der Waals surface area contributed by atoms with Gasteiger partial charge in [0.1, 0.15) is 12.3 Å². The van der Waals surface area contributed by atoms with E-state index in [1.165, 1.54) is 19.3 Å². The van der Waals surface area contributed by atoms with Crippen LogP contribution in [0, 0.1) is 63.6 Å². The van der Waals surface area contributed by atoms with Crippen LogP contribution in [0.2, 0.25) is 0 Å². The first-order chi connectivity index (χ1) is 25.2. The highest BCUT2D eigenvalue weighted by molar-refractivity contribution is 5.98. The number of aliphatic hydroxyl groups is 5. The van der Waals surface area contributed by atoms with Crippen molar-refractivity contribution in [2.75, 3.05) is 6.54 Å². The van der Waals surface area contributed by atoms with Crippen LogP contribution < -0.4 is 11.1 Å². The van der Waals surface area contributed by atoms with Gasteiger partial charge in [-0.3, -0.25) is 10.5 Å². The van der Waals surface area contributed by atoms with Crippen molar-refractivity contribution in [2.45, 2.75) is 184 Å². The van der Waals surface area contributed by atoms with Gasteiger partial charge in [-0.05, 0) is 131 Å². The summed E-state index contributed by atoms with van der Waals surface area (Å²) in [7, 11) is 0. The van der Waals surface area contributed by atoms with Crippen molar-refractivity contribution in [3.8, 4) is 11.8 Å². The lowest BCUT2D eigenvalue weighted by Crippen LogP contribution is -2.95. The Kier molecular flexibility index (Phi) is 10.1. The van der Waals surface area contributed by atoms with Gasteiger partial charge in [-0.1, -0.05) is 33.1 Å². The quantitative estimate of drug-likeness (QED) is 0.186. The molecule has 17 unspecified atom stereocenters. The number of rotatable bonds is 8. The summed E-state index contributed by atoms with van der Waals surface area (Å²) in [6.45, 7) is 7.15. The average Bonchev–Trinajstić information content (AvgIpc) is 3.53. The Morgan fingerprint density at radius 1 is 1.00 bits per heavy atom. The highest BCUT2D eigenvalue weighted by Crippen LogP contribution is 2.73. The number of carbonyl (C=O) groups excluding carboxylic acids is 1. The number of quaternary nitrogens is 1. The Hall–Kier alpha value is -1.35. The van der Waals surface area contributed by atoms with Gasteiger partial charge in [0.2, 0.25) is 0 Å². The van der Waals surface area contributed by atoms with Crippen molar-refractivity contribution in [3.63, 3.8) is 0 Å². The van der Waals surface area contributed by atoms with Crippen LogP contribution in [0.3, 0.4) is 0 Å². The van der Waals surface area contributed by atoms with Crippen molar-refractivity contribution in [1.82, 2.24) is 0 Å². The van der Waals surface area contributed by atoms with Crippen LogP contribution in [0.15, 0.2) is 11.6 Å². The van der Waals surface area contributed by atoms with E-state index in [-0.39, 0.29) is 36.3 Å². The van der Waals surface area contributed by atoms with Gasteiger partial charge in [-0.25, -0.2) is 0 Å². The van der Waals surface area contributed by atoms with Crippen molar-refractivity contribution in [3.05, 3.63) is 11.6 Å². The zero-order valence-electron chi connectivity index (χ0n) is 32.6. The normalized spacial score (nSPS) is 50.8. The van der Waals surface area contributed by atoms with Gasteiger partial charge in [0, 0.05) is 30.6 Å². The molecule has 9 heteroatoms. The number of allylic oxidation sites excluding steroid dienone is 1. The van der Waals surface area contributed by atoms with Crippen LogP contribution in [0.5, 0.6) is 0 Å². The maximum absolute atomic E-state index is 14.8. The molecule has 0 aromatic rings. The molecule has 2 aliphatic heterocycles. The van der Waals surface area contributed by atoms with E-state index in [4.69, 9.17) is 10.5 Å². The lowest BCUT2D eigenvalue weighted by molar-refractivity contribution is -0.703. The second-order valence-corrected chi connectivity index (χ2v) is 19.9. The van der Waals surface area contributed by atoms with Crippen molar-refractivity contribution >= 4 is 5.78 Å². The zero-order chi connectivity index (χ0) is 37.6. The number of ether oxygens (including phenoxy) is 1. The van der Waals surface area contributed by atoms with E-state index < -0.39 is 57.8 Å². The molecule has 9 aliphatic rings. The summed E-state index contributed by atoms with van der Waals surface area (Å²) >= 11 is 0. The van der Waals surface area contributed by atoms with Crippen molar-refractivity contribution < 1.29 is 40.4 Å². The fourth-order valence-electron chi connectivity index (χ4n) is 14.7. The van der Waals surface area contributed by atoms with Crippen LogP contribution in [0.4, 0.5) is 0 Å². The third kappa shape index (κ3) is 5.73. The molecule has 0 aromatic heterocycles. The third-order valence-electron chi connectivity index (χ3n) is 17.7. The molecule has 6 fully saturated rings. The van der Waals surface area contributed by atoms with Gasteiger partial charge in [-0.2, -0.15) is 0 Å². The SMILES string of the molecule is CCCC1CCC2OC(C(O)C(C)(O)C3CCC4(O)C5=CC(=O)C67CC#CCC34CCC5C6(CCC3CCC(N)[NH2+]C3)CC(O)C(O)C7)C(C)C2CC1. The summed E-state index contributed by atoms with van der Waals surface area (Å²) < 4.78 is 6.74. The predicted molar refractivity (Wildman–Crippen MR) is 201 cm³/mol. The molecule has 0 aromatic carbocycles. The molecule has 9 N–H and O–H groups in total. The minimum Gasteiger partial charge on any atom is -0.390 e. The Balaban J connectivity index is 1.12. The maximum Gasteiger partial charge on any atom is 0.163 e. The Morgan fingerprint density at radius 3 is 2.49 bits per heavy atom. The first-order valence-corrected chi connectivity index (χ1v) is 21.7. The van der Waals surface area contributed by atoms with Gasteiger partial charge in [-0.15, -0.1) is 11.8 Å². The largest absolute Gasteiger partial charge is 0.390 e. The second-order valence-electron chi connectivity index (χ2n) is 19.9. The van der Waals surface area contributed by atoms with Gasteiger partial charge in [0.15, 0.2) is 5.78 Å². The number of nitrogens with two attached hydrogens (primary N) is 2. The molecule has 4 saturated carbocycles. The predicted octanol–water partition coefficient (Wildman–Crippen LogP) is 3.48. The molecule has 9 nitrogen and oxygen atoms in total. The van der Waals surface area contributed by atoms with E-state index in [0.717, 1.165) is 63.0 Å². The first kappa shape index (κ1) is 38.5. The fraction of sp³-hybridized carbons (Fsp3) is 0.886. The van der Waals surface area contributed by atoms with E-state index in [2.05, 4.69) is 31.0 Å². The first-order valence-electron chi connectivity index (χ1n) is 21.7. The van der Waals surface area contributed by atoms with Crippen molar-refractivity contribution in [1.29, 1.82) is 0 Å². The van der Waals surface area contributed by atoms with E-state index in [9.17, 15) is 30.3 Å². The number of piperidine rings is 1. The molecule has 7 aliphatic carbocycles. The Labute approximate surface area is 317 Å². The monoisotopic (exact) mass is 738 g/mol. The Bertz CT molecular complexity index is 1500. The lowest BCUT2D eigenvalue weighted by atomic mass is 9.38. The van der Waals surface area contributed by atoms with E-state index in [0.29, 0.717) is 56.8 Å². The number of hydrogen-bond donors (Lipinski definition) is 7. The molecular weight excluding hydrogens is 668 g/mol. The summed E-state index contributed by atoms with van der Waals surface area (Å²) in [6, 6.07) is 0. The molecule has 9 rings (SSSR count). The second kappa shape index (κ2) is 13.9. The molecule has 4 bridgehead atoms. The minimum absolute atomic E-state index is 0.0736. The topological polar surface area (TPSA) is 170 Å². The number of aliphatic hydroxyl groups excluding tert-OH is 3. The minimum atomic E-state index is -1.56. The molecular formula is C44H69N2O7+. The molecule has 296 valence electrons. The van der Waals surface area contributed by atoms with Gasteiger partial charge in [0.05, 0.1) is 47.6 Å². The zero-order valence-corrected chi connectivity index (χ0v) is 32.6. The molecule has 17 atom stereocenters. The van der Waals surface area contributed by atoms with Crippen molar-refractivity contribution in [2.24, 2.45) is 57.5 Å². The van der Waals surface area contributed by atoms with E-state index in [1.54, 1.807) is 13.0 Å². The van der Waals surface area contributed by atoms with Crippen LogP contribution in [0.25, 0.3) is 0 Å². The van der Waals surface area contributed by atoms with Crippen LogP contribution in [0.1, 0.15) is 136 Å². The summed E-state index contributed by atoms with van der Waals surface area (Å²) in [4.78, 5) is 14.8. The molecule has 0 radical (unpaired) electrons.